The van der Waals surface area contributed by atoms with Crippen LogP contribution in [-0.4, -0.2) is 21.0 Å². The normalized spacial score (nSPS) is 12.4. The van der Waals surface area contributed by atoms with Gasteiger partial charge in [0.15, 0.2) is 0 Å². The van der Waals surface area contributed by atoms with E-state index in [2.05, 4.69) is 10.3 Å². The molecule has 5 nitrogen and oxygen atoms in total. The minimum atomic E-state index is -0.0107. The number of aryl methyl sites for hydroxylation is 1. The van der Waals surface area contributed by atoms with Gasteiger partial charge in [-0.05, 0) is 31.0 Å². The highest BCUT2D eigenvalue weighted by atomic mass is 35.5. The summed E-state index contributed by atoms with van der Waals surface area (Å²) in [5.74, 6) is 0.596. The van der Waals surface area contributed by atoms with Gasteiger partial charge in [-0.2, -0.15) is 0 Å². The van der Waals surface area contributed by atoms with Crippen LogP contribution in [0.3, 0.4) is 0 Å². The van der Waals surface area contributed by atoms with Gasteiger partial charge in [-0.25, -0.2) is 0 Å². The van der Waals surface area contributed by atoms with Gasteiger partial charge >= 0.3 is 0 Å². The summed E-state index contributed by atoms with van der Waals surface area (Å²) in [5.41, 5.74) is 7.45. The molecule has 0 spiro atoms. The van der Waals surface area contributed by atoms with Crippen LogP contribution in [0.4, 0.5) is 0 Å². The summed E-state index contributed by atoms with van der Waals surface area (Å²) in [6.07, 6.45) is 2.42. The summed E-state index contributed by atoms with van der Waals surface area (Å²) < 4.78 is 7.38. The fourth-order valence-corrected chi connectivity index (χ4v) is 2.47. The second kappa shape index (κ2) is 6.43. The van der Waals surface area contributed by atoms with E-state index >= 15 is 0 Å². The lowest BCUT2D eigenvalue weighted by molar-refractivity contribution is 0.297. The third-order valence-electron chi connectivity index (χ3n) is 2.64. The second-order valence-electron chi connectivity index (χ2n) is 4.73. The van der Waals surface area contributed by atoms with E-state index in [0.29, 0.717) is 28.8 Å². The van der Waals surface area contributed by atoms with E-state index in [1.54, 1.807) is 24.0 Å². The van der Waals surface area contributed by atoms with E-state index in [1.165, 1.54) is 0 Å². The Morgan fingerprint density at radius 3 is 2.75 bits per heavy atom. The van der Waals surface area contributed by atoms with Gasteiger partial charge in [-0.1, -0.05) is 28.4 Å². The maximum Gasteiger partial charge on any atom is 0.141 e. The van der Waals surface area contributed by atoms with Crippen LogP contribution in [0.2, 0.25) is 10.0 Å². The Hall–Kier alpha value is -1.30. The Morgan fingerprint density at radius 1 is 1.40 bits per heavy atom. The predicted octanol–water partition coefficient (Wildman–Crippen LogP) is 2.59. The van der Waals surface area contributed by atoms with Gasteiger partial charge in [-0.3, -0.25) is 4.68 Å². The Morgan fingerprint density at radius 2 is 2.15 bits per heavy atom. The number of nitrogens with zero attached hydrogens (tertiary/aromatic N) is 3. The predicted molar refractivity (Wildman–Crippen MR) is 79.2 cm³/mol. The molecular formula is C13H16Cl2N4O. The molecule has 1 aromatic carbocycles. The van der Waals surface area contributed by atoms with Crippen molar-refractivity contribution in [3.63, 3.8) is 0 Å². The van der Waals surface area contributed by atoms with Crippen LogP contribution in [0.5, 0.6) is 5.75 Å². The summed E-state index contributed by atoms with van der Waals surface area (Å²) in [7, 11) is 1.80. The van der Waals surface area contributed by atoms with Crippen molar-refractivity contribution >= 4 is 23.2 Å². The largest absolute Gasteiger partial charge is 0.485 e. The third-order valence-corrected chi connectivity index (χ3v) is 3.14. The smallest absolute Gasteiger partial charge is 0.141 e. The van der Waals surface area contributed by atoms with Crippen LogP contribution in [0.1, 0.15) is 18.2 Å². The first kappa shape index (κ1) is 15.1. The van der Waals surface area contributed by atoms with E-state index in [0.717, 1.165) is 11.3 Å². The molecule has 2 N–H and O–H groups in total. The summed E-state index contributed by atoms with van der Waals surface area (Å²) >= 11 is 12.2. The molecule has 1 heterocycles. The molecule has 1 aromatic heterocycles. The molecule has 0 saturated heterocycles. The minimum Gasteiger partial charge on any atom is -0.485 e. The van der Waals surface area contributed by atoms with E-state index in [1.807, 2.05) is 13.0 Å². The van der Waals surface area contributed by atoms with E-state index in [-0.39, 0.29) is 6.04 Å². The van der Waals surface area contributed by atoms with Crippen molar-refractivity contribution in [3.05, 3.63) is 39.6 Å². The Kier molecular flexibility index (Phi) is 4.86. The molecule has 1 unspecified atom stereocenters. The Balaban J connectivity index is 2.20. The van der Waals surface area contributed by atoms with E-state index in [9.17, 15) is 0 Å². The fraction of sp³-hybridized carbons (Fsp3) is 0.385. The zero-order valence-electron chi connectivity index (χ0n) is 11.3. The molecule has 2 aromatic rings. The van der Waals surface area contributed by atoms with Crippen molar-refractivity contribution in [1.29, 1.82) is 0 Å². The molecule has 2 rings (SSSR count). The molecule has 0 saturated carbocycles. The first-order chi connectivity index (χ1) is 9.45. The van der Waals surface area contributed by atoms with Gasteiger partial charge in [0.25, 0.3) is 0 Å². The van der Waals surface area contributed by atoms with E-state index in [4.69, 9.17) is 33.7 Å². The highest BCUT2D eigenvalue weighted by Crippen LogP contribution is 2.33. The summed E-state index contributed by atoms with van der Waals surface area (Å²) in [5, 5.41) is 8.85. The number of rotatable bonds is 5. The van der Waals surface area contributed by atoms with E-state index < -0.39 is 0 Å². The highest BCUT2D eigenvalue weighted by molar-refractivity contribution is 6.35. The monoisotopic (exact) mass is 314 g/mol. The van der Waals surface area contributed by atoms with Crippen molar-refractivity contribution in [2.45, 2.75) is 26.0 Å². The number of aromatic nitrogens is 3. The third kappa shape index (κ3) is 3.85. The average molecular weight is 315 g/mol. The summed E-state index contributed by atoms with van der Waals surface area (Å²) in [6, 6.07) is 3.46. The number of nitrogens with two attached hydrogens (primary N) is 1. The standard InChI is InChI=1S/C13H16Cl2N4O/c1-8(16)3-9-4-10(14)5-12(15)13(9)20-7-11-6-19(2)18-17-11/h4-6,8H,3,7,16H2,1-2H3. The van der Waals surface area contributed by atoms with Crippen LogP contribution < -0.4 is 10.5 Å². The van der Waals surface area contributed by atoms with Gasteiger partial charge in [-0.15, -0.1) is 5.10 Å². The van der Waals surface area contributed by atoms with Crippen molar-refractivity contribution in [2.75, 3.05) is 0 Å². The van der Waals surface area contributed by atoms with Crippen LogP contribution >= 0.6 is 23.2 Å². The SMILES string of the molecule is CC(N)Cc1cc(Cl)cc(Cl)c1OCc1cn(C)nn1. The minimum absolute atomic E-state index is 0.0107. The van der Waals surface area contributed by atoms with Gasteiger partial charge in [0, 0.05) is 18.1 Å². The van der Waals surface area contributed by atoms with Crippen LogP contribution in [0.25, 0.3) is 0 Å². The number of halogens is 2. The van der Waals surface area contributed by atoms with Gasteiger partial charge in [0.2, 0.25) is 0 Å². The first-order valence-electron chi connectivity index (χ1n) is 6.17. The molecule has 20 heavy (non-hydrogen) atoms. The van der Waals surface area contributed by atoms with Crippen LogP contribution in [0, 0.1) is 0 Å². The highest BCUT2D eigenvalue weighted by Gasteiger charge is 2.13. The molecule has 0 bridgehead atoms. The molecule has 108 valence electrons. The summed E-state index contributed by atoms with van der Waals surface area (Å²) in [6.45, 7) is 2.21. The lowest BCUT2D eigenvalue weighted by Crippen LogP contribution is -2.18. The zero-order valence-corrected chi connectivity index (χ0v) is 12.8. The van der Waals surface area contributed by atoms with Crippen molar-refractivity contribution < 1.29 is 4.74 Å². The number of ether oxygens (including phenoxy) is 1. The maximum absolute atomic E-state index is 6.20. The summed E-state index contributed by atoms with van der Waals surface area (Å²) in [4.78, 5) is 0. The van der Waals surface area contributed by atoms with Crippen molar-refractivity contribution in [3.8, 4) is 5.75 Å². The lowest BCUT2D eigenvalue weighted by atomic mass is 10.1. The molecule has 7 heteroatoms. The molecule has 0 radical (unpaired) electrons. The topological polar surface area (TPSA) is 66.0 Å². The number of benzene rings is 1. The average Bonchev–Trinajstić information content (AvgIpc) is 2.73. The maximum atomic E-state index is 6.20. The van der Waals surface area contributed by atoms with Crippen molar-refractivity contribution in [1.82, 2.24) is 15.0 Å². The molecule has 0 fully saturated rings. The molecular weight excluding hydrogens is 299 g/mol. The molecule has 0 aliphatic carbocycles. The van der Waals surface area contributed by atoms with Crippen LogP contribution in [0.15, 0.2) is 18.3 Å². The Bertz CT molecular complexity index is 598. The quantitative estimate of drug-likeness (QED) is 0.921. The fourth-order valence-electron chi connectivity index (χ4n) is 1.88. The van der Waals surface area contributed by atoms with Gasteiger partial charge in [0.05, 0.1) is 11.2 Å². The second-order valence-corrected chi connectivity index (χ2v) is 5.57. The van der Waals surface area contributed by atoms with Crippen molar-refractivity contribution in [2.24, 2.45) is 12.8 Å². The van der Waals surface area contributed by atoms with Gasteiger partial charge < -0.3 is 10.5 Å². The Labute approximate surface area is 127 Å². The molecule has 0 aliphatic rings. The number of hydrogen-bond acceptors (Lipinski definition) is 4. The van der Waals surface area contributed by atoms with Crippen LogP contribution in [-0.2, 0) is 20.1 Å². The lowest BCUT2D eigenvalue weighted by Gasteiger charge is -2.14. The zero-order chi connectivity index (χ0) is 14.7. The molecule has 1 atom stereocenters. The van der Waals surface area contributed by atoms with Gasteiger partial charge in [0.1, 0.15) is 18.1 Å². The number of hydrogen-bond donors (Lipinski definition) is 1. The molecule has 0 aliphatic heterocycles. The molecule has 0 amide bonds. The first-order valence-corrected chi connectivity index (χ1v) is 6.93.